The molecular formula is C13H13BrClN3. The molecule has 94 valence electrons. The predicted octanol–water partition coefficient (Wildman–Crippen LogP) is 3.36. The topological polar surface area (TPSA) is 50.9 Å². The maximum Gasteiger partial charge on any atom is 0.0725 e. The molecule has 0 aliphatic rings. The molecule has 2 aromatic rings. The zero-order valence-electron chi connectivity index (χ0n) is 9.82. The summed E-state index contributed by atoms with van der Waals surface area (Å²) in [5, 5.41) is 0.661. The second kappa shape index (κ2) is 5.80. The van der Waals surface area contributed by atoms with Gasteiger partial charge in [-0.3, -0.25) is 10.8 Å². The molecule has 0 aliphatic heterocycles. The van der Waals surface area contributed by atoms with Crippen LogP contribution in [-0.4, -0.2) is 4.98 Å². The second-order valence-electron chi connectivity index (χ2n) is 4.07. The van der Waals surface area contributed by atoms with Gasteiger partial charge in [0.2, 0.25) is 0 Å². The van der Waals surface area contributed by atoms with Crippen molar-refractivity contribution in [2.45, 2.75) is 13.0 Å². The highest BCUT2D eigenvalue weighted by atomic mass is 79.9. The van der Waals surface area contributed by atoms with E-state index in [2.05, 4.69) is 26.3 Å². The van der Waals surface area contributed by atoms with E-state index >= 15 is 0 Å². The summed E-state index contributed by atoms with van der Waals surface area (Å²) in [4.78, 5) is 4.18. The van der Waals surface area contributed by atoms with Crippen molar-refractivity contribution >= 4 is 27.5 Å². The Kier molecular flexibility index (Phi) is 4.35. The Balaban J connectivity index is 2.42. The molecule has 0 bridgehead atoms. The fraction of sp³-hybridized carbons (Fsp3) is 0.154. The summed E-state index contributed by atoms with van der Waals surface area (Å²) in [5.74, 6) is 5.64. The number of halogens is 2. The largest absolute Gasteiger partial charge is 0.271 e. The third-order valence-corrected chi connectivity index (χ3v) is 3.91. The van der Waals surface area contributed by atoms with Gasteiger partial charge in [0.05, 0.1) is 11.1 Å². The number of nitrogens with one attached hydrogen (secondary N) is 1. The molecule has 3 N–H and O–H groups in total. The summed E-state index contributed by atoms with van der Waals surface area (Å²) in [6.45, 7) is 2.00. The molecule has 18 heavy (non-hydrogen) atoms. The molecule has 1 aromatic heterocycles. The van der Waals surface area contributed by atoms with Gasteiger partial charge in [0.25, 0.3) is 0 Å². The lowest BCUT2D eigenvalue weighted by Gasteiger charge is -2.17. The monoisotopic (exact) mass is 325 g/mol. The van der Waals surface area contributed by atoms with Crippen LogP contribution in [0.15, 0.2) is 41.1 Å². The number of hydrogen-bond acceptors (Lipinski definition) is 3. The normalized spacial score (nSPS) is 12.4. The Labute approximate surface area is 119 Å². The predicted molar refractivity (Wildman–Crippen MR) is 77.3 cm³/mol. The molecule has 1 heterocycles. The number of nitrogens with zero attached hydrogens (tertiary/aromatic N) is 1. The number of pyridine rings is 1. The highest BCUT2D eigenvalue weighted by molar-refractivity contribution is 9.10. The summed E-state index contributed by atoms with van der Waals surface area (Å²) >= 11 is 9.47. The van der Waals surface area contributed by atoms with Crippen LogP contribution in [0.1, 0.15) is 22.7 Å². The molecule has 0 aliphatic carbocycles. The van der Waals surface area contributed by atoms with E-state index < -0.39 is 0 Å². The molecule has 1 aromatic carbocycles. The van der Waals surface area contributed by atoms with E-state index in [1.54, 1.807) is 6.20 Å². The van der Waals surface area contributed by atoms with Crippen molar-refractivity contribution in [3.05, 3.63) is 62.8 Å². The minimum absolute atomic E-state index is 0.122. The van der Waals surface area contributed by atoms with Gasteiger partial charge in [-0.05, 0) is 51.7 Å². The van der Waals surface area contributed by atoms with E-state index in [0.717, 1.165) is 21.2 Å². The van der Waals surface area contributed by atoms with Crippen LogP contribution in [0.25, 0.3) is 0 Å². The number of nitrogens with two attached hydrogens (primary N) is 1. The van der Waals surface area contributed by atoms with Gasteiger partial charge in [0.1, 0.15) is 0 Å². The van der Waals surface area contributed by atoms with Gasteiger partial charge in [-0.1, -0.05) is 23.7 Å². The Hall–Kier alpha value is -0.940. The molecule has 0 radical (unpaired) electrons. The maximum atomic E-state index is 6.10. The number of aromatic nitrogens is 1. The number of hydrogen-bond donors (Lipinski definition) is 2. The summed E-state index contributed by atoms with van der Waals surface area (Å²) in [6.07, 6.45) is 3.61. The van der Waals surface area contributed by atoms with Gasteiger partial charge in [-0.15, -0.1) is 0 Å². The summed E-state index contributed by atoms with van der Waals surface area (Å²) in [6, 6.07) is 7.70. The van der Waals surface area contributed by atoms with Crippen LogP contribution in [0.5, 0.6) is 0 Å². The first-order valence-corrected chi connectivity index (χ1v) is 6.61. The highest BCUT2D eigenvalue weighted by Gasteiger charge is 2.14. The number of aryl methyl sites for hydroxylation is 1. The Bertz CT molecular complexity index is 560. The van der Waals surface area contributed by atoms with Crippen LogP contribution in [0.2, 0.25) is 5.02 Å². The molecule has 2 rings (SSSR count). The molecule has 0 saturated carbocycles. The lowest BCUT2D eigenvalue weighted by molar-refractivity contribution is 0.634. The first-order chi connectivity index (χ1) is 8.61. The average Bonchev–Trinajstić information content (AvgIpc) is 2.35. The molecule has 0 amide bonds. The molecule has 1 unspecified atom stereocenters. The minimum atomic E-state index is -0.122. The first-order valence-electron chi connectivity index (χ1n) is 5.44. The van der Waals surface area contributed by atoms with Gasteiger partial charge in [-0.2, -0.15) is 0 Å². The lowest BCUT2D eigenvalue weighted by Crippen LogP contribution is -2.29. The second-order valence-corrected chi connectivity index (χ2v) is 5.33. The molecule has 1 atom stereocenters. The Morgan fingerprint density at radius 2 is 2.06 bits per heavy atom. The van der Waals surface area contributed by atoms with E-state index in [1.807, 2.05) is 37.4 Å². The third kappa shape index (κ3) is 2.90. The Morgan fingerprint density at radius 3 is 2.67 bits per heavy atom. The van der Waals surface area contributed by atoms with Crippen molar-refractivity contribution in [1.29, 1.82) is 0 Å². The van der Waals surface area contributed by atoms with Crippen LogP contribution in [0, 0.1) is 6.92 Å². The molecular weight excluding hydrogens is 314 g/mol. The van der Waals surface area contributed by atoms with Crippen molar-refractivity contribution < 1.29 is 0 Å². The number of hydrazine groups is 1. The van der Waals surface area contributed by atoms with Crippen LogP contribution in [-0.2, 0) is 0 Å². The van der Waals surface area contributed by atoms with Crippen molar-refractivity contribution in [3.63, 3.8) is 0 Å². The van der Waals surface area contributed by atoms with E-state index in [4.69, 9.17) is 17.4 Å². The van der Waals surface area contributed by atoms with E-state index in [9.17, 15) is 0 Å². The average molecular weight is 327 g/mol. The standard InChI is InChI=1S/C13H13BrClN3/c1-8-4-10(7-17-6-8)13(18-16)9-2-3-11(14)12(15)5-9/h2-7,13,18H,16H2,1H3. The van der Waals surface area contributed by atoms with Crippen LogP contribution < -0.4 is 11.3 Å². The molecule has 0 spiro atoms. The quantitative estimate of drug-likeness (QED) is 0.672. The smallest absolute Gasteiger partial charge is 0.0725 e. The van der Waals surface area contributed by atoms with Gasteiger partial charge in [-0.25, -0.2) is 5.43 Å². The number of benzene rings is 1. The minimum Gasteiger partial charge on any atom is -0.271 e. The SMILES string of the molecule is Cc1cncc(C(NN)c2ccc(Br)c(Cl)c2)c1. The fourth-order valence-corrected chi connectivity index (χ4v) is 2.25. The van der Waals surface area contributed by atoms with Gasteiger partial charge in [0, 0.05) is 16.9 Å². The summed E-state index contributed by atoms with van der Waals surface area (Å²) < 4.78 is 0.867. The molecule has 0 fully saturated rings. The van der Waals surface area contributed by atoms with Gasteiger partial charge < -0.3 is 0 Å². The first kappa shape index (κ1) is 13.5. The van der Waals surface area contributed by atoms with E-state index in [1.165, 1.54) is 0 Å². The van der Waals surface area contributed by atoms with E-state index in [0.29, 0.717) is 5.02 Å². The third-order valence-electron chi connectivity index (χ3n) is 2.67. The molecule has 3 nitrogen and oxygen atoms in total. The van der Waals surface area contributed by atoms with Crippen LogP contribution in [0.4, 0.5) is 0 Å². The van der Waals surface area contributed by atoms with Crippen molar-refractivity contribution in [2.75, 3.05) is 0 Å². The van der Waals surface area contributed by atoms with Crippen LogP contribution in [0.3, 0.4) is 0 Å². The highest BCUT2D eigenvalue weighted by Crippen LogP contribution is 2.28. The zero-order valence-corrected chi connectivity index (χ0v) is 12.2. The fourth-order valence-electron chi connectivity index (χ4n) is 1.81. The summed E-state index contributed by atoms with van der Waals surface area (Å²) in [7, 11) is 0. The lowest BCUT2D eigenvalue weighted by atomic mass is 10.00. The van der Waals surface area contributed by atoms with E-state index in [-0.39, 0.29) is 6.04 Å². The maximum absolute atomic E-state index is 6.10. The number of rotatable bonds is 3. The van der Waals surface area contributed by atoms with Gasteiger partial charge in [0.15, 0.2) is 0 Å². The molecule has 5 heteroatoms. The zero-order chi connectivity index (χ0) is 13.1. The Morgan fingerprint density at radius 1 is 1.28 bits per heavy atom. The van der Waals surface area contributed by atoms with Crippen molar-refractivity contribution in [1.82, 2.24) is 10.4 Å². The molecule has 0 saturated heterocycles. The van der Waals surface area contributed by atoms with Crippen molar-refractivity contribution in [3.8, 4) is 0 Å². The van der Waals surface area contributed by atoms with Gasteiger partial charge >= 0.3 is 0 Å². The van der Waals surface area contributed by atoms with Crippen LogP contribution >= 0.6 is 27.5 Å². The van der Waals surface area contributed by atoms with Crippen molar-refractivity contribution in [2.24, 2.45) is 5.84 Å². The summed E-state index contributed by atoms with van der Waals surface area (Å²) in [5.41, 5.74) is 5.90.